The molecule has 1 aromatic heterocycles. The van der Waals surface area contributed by atoms with Gasteiger partial charge in [0, 0.05) is 47.6 Å². The van der Waals surface area contributed by atoms with Crippen LogP contribution in [0.4, 0.5) is 11.4 Å². The standard InChI is InChI=1S/C25H29N3O/c1-18-13-19(2)15-25(14-18)28-20(3)16-22(21(28)4)17-26-23-5-7-24(8-6-23)27-9-11-29-12-10-27/h5-8,13-17H,9-12H2,1-4H3. The zero-order valence-electron chi connectivity index (χ0n) is 17.8. The molecule has 1 saturated heterocycles. The minimum Gasteiger partial charge on any atom is -0.378 e. The summed E-state index contributed by atoms with van der Waals surface area (Å²) >= 11 is 0. The van der Waals surface area contributed by atoms with E-state index < -0.39 is 0 Å². The number of nitrogens with zero attached hydrogens (tertiary/aromatic N) is 3. The Morgan fingerprint density at radius 3 is 2.14 bits per heavy atom. The summed E-state index contributed by atoms with van der Waals surface area (Å²) in [6.07, 6.45) is 1.98. The number of hydrogen-bond acceptors (Lipinski definition) is 3. The topological polar surface area (TPSA) is 29.8 Å². The third-order valence-corrected chi connectivity index (χ3v) is 5.51. The summed E-state index contributed by atoms with van der Waals surface area (Å²) in [6, 6.07) is 17.4. The minimum absolute atomic E-state index is 0.802. The molecular formula is C25H29N3O. The fourth-order valence-corrected chi connectivity index (χ4v) is 4.11. The molecule has 0 N–H and O–H groups in total. The Morgan fingerprint density at radius 1 is 0.828 bits per heavy atom. The summed E-state index contributed by atoms with van der Waals surface area (Å²) in [5.41, 5.74) is 9.56. The number of hydrogen-bond donors (Lipinski definition) is 0. The molecule has 4 heteroatoms. The molecule has 2 aromatic carbocycles. The molecule has 150 valence electrons. The predicted molar refractivity (Wildman–Crippen MR) is 121 cm³/mol. The molecule has 0 unspecified atom stereocenters. The minimum atomic E-state index is 0.802. The highest BCUT2D eigenvalue weighted by Crippen LogP contribution is 2.24. The maximum atomic E-state index is 5.43. The molecule has 3 aromatic rings. The number of anilines is 1. The van der Waals surface area contributed by atoms with Gasteiger partial charge in [0.2, 0.25) is 0 Å². The van der Waals surface area contributed by atoms with Crippen molar-refractivity contribution in [2.75, 3.05) is 31.2 Å². The number of rotatable bonds is 4. The molecule has 0 atom stereocenters. The molecule has 0 bridgehead atoms. The summed E-state index contributed by atoms with van der Waals surface area (Å²) in [7, 11) is 0. The third-order valence-electron chi connectivity index (χ3n) is 5.51. The summed E-state index contributed by atoms with van der Waals surface area (Å²) in [4.78, 5) is 7.08. The maximum Gasteiger partial charge on any atom is 0.0642 e. The molecule has 0 radical (unpaired) electrons. The maximum absolute atomic E-state index is 5.43. The van der Waals surface area contributed by atoms with Crippen LogP contribution in [0.3, 0.4) is 0 Å². The van der Waals surface area contributed by atoms with Crippen LogP contribution in [0.15, 0.2) is 53.5 Å². The van der Waals surface area contributed by atoms with Gasteiger partial charge >= 0.3 is 0 Å². The Kier molecular flexibility index (Phi) is 5.54. The smallest absolute Gasteiger partial charge is 0.0642 e. The van der Waals surface area contributed by atoms with Crippen molar-refractivity contribution < 1.29 is 4.74 Å². The van der Waals surface area contributed by atoms with Crippen LogP contribution in [0.1, 0.15) is 28.1 Å². The second-order valence-electron chi connectivity index (χ2n) is 7.88. The van der Waals surface area contributed by atoms with Crippen molar-refractivity contribution in [3.63, 3.8) is 0 Å². The van der Waals surface area contributed by atoms with Gasteiger partial charge in [-0.25, -0.2) is 0 Å². The van der Waals surface area contributed by atoms with Crippen molar-refractivity contribution >= 4 is 17.6 Å². The molecular weight excluding hydrogens is 358 g/mol. The van der Waals surface area contributed by atoms with E-state index in [1.807, 2.05) is 6.21 Å². The Bertz CT molecular complexity index is 1000. The lowest BCUT2D eigenvalue weighted by Gasteiger charge is -2.28. The zero-order valence-corrected chi connectivity index (χ0v) is 17.8. The van der Waals surface area contributed by atoms with E-state index in [1.54, 1.807) is 0 Å². The lowest BCUT2D eigenvalue weighted by Crippen LogP contribution is -2.36. The fraction of sp³-hybridized carbons (Fsp3) is 0.320. The van der Waals surface area contributed by atoms with Crippen molar-refractivity contribution in [2.24, 2.45) is 4.99 Å². The van der Waals surface area contributed by atoms with Gasteiger partial charge in [-0.2, -0.15) is 0 Å². The Hall–Kier alpha value is -2.85. The van der Waals surface area contributed by atoms with Gasteiger partial charge < -0.3 is 14.2 Å². The monoisotopic (exact) mass is 387 g/mol. The molecule has 0 aliphatic carbocycles. The summed E-state index contributed by atoms with van der Waals surface area (Å²) in [6.45, 7) is 12.1. The summed E-state index contributed by atoms with van der Waals surface area (Å²) in [5.74, 6) is 0. The molecule has 4 rings (SSSR count). The third kappa shape index (κ3) is 4.28. The molecule has 1 fully saturated rings. The molecule has 1 aliphatic heterocycles. The van der Waals surface area contributed by atoms with E-state index in [0.717, 1.165) is 37.6 Å². The van der Waals surface area contributed by atoms with E-state index in [2.05, 4.69) is 85.7 Å². The van der Waals surface area contributed by atoms with Crippen molar-refractivity contribution in [3.05, 3.63) is 76.6 Å². The van der Waals surface area contributed by atoms with Crippen LogP contribution >= 0.6 is 0 Å². The van der Waals surface area contributed by atoms with Gasteiger partial charge in [0.1, 0.15) is 0 Å². The van der Waals surface area contributed by atoms with Crippen molar-refractivity contribution in [2.45, 2.75) is 27.7 Å². The SMILES string of the molecule is Cc1cc(C)cc(-n2c(C)cc(C=Nc3ccc(N4CCOCC4)cc3)c2C)c1. The zero-order chi connectivity index (χ0) is 20.4. The van der Waals surface area contributed by atoms with Crippen molar-refractivity contribution in [1.82, 2.24) is 4.57 Å². The Labute approximate surface area is 173 Å². The van der Waals surface area contributed by atoms with Gasteiger partial charge in [-0.1, -0.05) is 6.07 Å². The van der Waals surface area contributed by atoms with Gasteiger partial charge in [0.05, 0.1) is 18.9 Å². The molecule has 29 heavy (non-hydrogen) atoms. The first-order valence-electron chi connectivity index (χ1n) is 10.3. The number of aromatic nitrogens is 1. The number of ether oxygens (including phenoxy) is 1. The second kappa shape index (κ2) is 8.26. The number of aryl methyl sites for hydroxylation is 3. The largest absolute Gasteiger partial charge is 0.378 e. The first-order chi connectivity index (χ1) is 14.0. The van der Waals surface area contributed by atoms with E-state index in [4.69, 9.17) is 9.73 Å². The average molecular weight is 388 g/mol. The van der Waals surface area contributed by atoms with Gasteiger partial charge in [0.25, 0.3) is 0 Å². The van der Waals surface area contributed by atoms with E-state index in [0.29, 0.717) is 0 Å². The fourth-order valence-electron chi connectivity index (χ4n) is 4.11. The highest BCUT2D eigenvalue weighted by molar-refractivity contribution is 5.84. The lowest BCUT2D eigenvalue weighted by molar-refractivity contribution is 0.122. The Balaban J connectivity index is 1.56. The molecule has 0 amide bonds. The predicted octanol–water partition coefficient (Wildman–Crippen LogP) is 5.30. The number of benzene rings is 2. The van der Waals surface area contributed by atoms with Crippen molar-refractivity contribution in [3.8, 4) is 5.69 Å². The molecule has 0 spiro atoms. The van der Waals surface area contributed by atoms with Gasteiger partial charge in [-0.15, -0.1) is 0 Å². The van der Waals surface area contributed by atoms with E-state index >= 15 is 0 Å². The van der Waals surface area contributed by atoms with Crippen LogP contribution in [-0.2, 0) is 4.74 Å². The number of aliphatic imine (C=N–C) groups is 1. The van der Waals surface area contributed by atoms with Crippen LogP contribution in [0.2, 0.25) is 0 Å². The average Bonchev–Trinajstić information content (AvgIpc) is 3.00. The quantitative estimate of drug-likeness (QED) is 0.569. The highest BCUT2D eigenvalue weighted by atomic mass is 16.5. The van der Waals surface area contributed by atoms with Gasteiger partial charge in [-0.3, -0.25) is 4.99 Å². The summed E-state index contributed by atoms with van der Waals surface area (Å²) in [5, 5.41) is 0. The van der Waals surface area contributed by atoms with Crippen LogP contribution in [0.5, 0.6) is 0 Å². The van der Waals surface area contributed by atoms with Gasteiger partial charge in [-0.05, 0) is 81.3 Å². The Morgan fingerprint density at radius 2 is 1.48 bits per heavy atom. The highest BCUT2D eigenvalue weighted by Gasteiger charge is 2.12. The van der Waals surface area contributed by atoms with E-state index in [-0.39, 0.29) is 0 Å². The first-order valence-corrected chi connectivity index (χ1v) is 10.3. The normalized spacial score (nSPS) is 14.7. The molecule has 1 aliphatic rings. The lowest BCUT2D eigenvalue weighted by atomic mass is 10.1. The van der Waals surface area contributed by atoms with Crippen LogP contribution < -0.4 is 4.90 Å². The van der Waals surface area contributed by atoms with Crippen LogP contribution in [0.25, 0.3) is 5.69 Å². The second-order valence-corrected chi connectivity index (χ2v) is 7.88. The summed E-state index contributed by atoms with van der Waals surface area (Å²) < 4.78 is 7.74. The van der Waals surface area contributed by atoms with Crippen LogP contribution in [0, 0.1) is 27.7 Å². The number of morpholine rings is 1. The van der Waals surface area contributed by atoms with Crippen LogP contribution in [-0.4, -0.2) is 37.1 Å². The van der Waals surface area contributed by atoms with Crippen molar-refractivity contribution in [1.29, 1.82) is 0 Å². The van der Waals surface area contributed by atoms with E-state index in [1.165, 1.54) is 33.9 Å². The van der Waals surface area contributed by atoms with Gasteiger partial charge in [0.15, 0.2) is 0 Å². The molecule has 4 nitrogen and oxygen atoms in total. The van der Waals surface area contributed by atoms with E-state index in [9.17, 15) is 0 Å². The molecule has 0 saturated carbocycles. The molecule has 2 heterocycles. The first kappa shape index (κ1) is 19.5.